The van der Waals surface area contributed by atoms with Crippen molar-refractivity contribution < 1.29 is 9.39 Å². The van der Waals surface area contributed by atoms with Gasteiger partial charge in [-0.05, 0) is 31.0 Å². The Hall–Kier alpha value is -4.27. The van der Waals surface area contributed by atoms with Crippen molar-refractivity contribution in [3.63, 3.8) is 0 Å². The lowest BCUT2D eigenvalue weighted by Gasteiger charge is -2.32. The number of benzene rings is 2. The van der Waals surface area contributed by atoms with Crippen molar-refractivity contribution in [2.24, 2.45) is 21.7 Å². The van der Waals surface area contributed by atoms with Crippen LogP contribution in [0.15, 0.2) is 94.6 Å². The van der Waals surface area contributed by atoms with Crippen LogP contribution in [-0.2, 0) is 0 Å². The van der Waals surface area contributed by atoms with Gasteiger partial charge in [-0.25, -0.2) is 0 Å². The third-order valence-corrected chi connectivity index (χ3v) is 7.58. The largest absolute Gasteiger partial charge is 0.360 e. The van der Waals surface area contributed by atoms with E-state index in [9.17, 15) is 4.79 Å². The van der Waals surface area contributed by atoms with Gasteiger partial charge in [0.2, 0.25) is 5.70 Å². The van der Waals surface area contributed by atoms with Crippen molar-refractivity contribution in [2.75, 3.05) is 13.1 Å². The van der Waals surface area contributed by atoms with Crippen LogP contribution >= 0.6 is 0 Å². The number of carbonyl (C=O) groups is 1. The van der Waals surface area contributed by atoms with Crippen LogP contribution in [0.25, 0.3) is 21.8 Å². The summed E-state index contributed by atoms with van der Waals surface area (Å²) in [5.74, 6) is 7.97. The molecule has 4 aromatic rings. The van der Waals surface area contributed by atoms with Crippen molar-refractivity contribution in [1.29, 1.82) is 0 Å². The highest BCUT2D eigenvalue weighted by molar-refractivity contribution is 6.07. The molecule has 2 aromatic heterocycles. The van der Waals surface area contributed by atoms with Crippen molar-refractivity contribution >= 4 is 39.8 Å². The number of nitrogens with one attached hydrogen (secondary N) is 2. The van der Waals surface area contributed by atoms with Crippen LogP contribution < -0.4 is 5.84 Å². The van der Waals surface area contributed by atoms with Crippen LogP contribution in [0.4, 0.5) is 0 Å². The van der Waals surface area contributed by atoms with E-state index < -0.39 is 0 Å². The van der Waals surface area contributed by atoms with Crippen LogP contribution in [0.1, 0.15) is 28.9 Å². The molecule has 1 saturated heterocycles. The van der Waals surface area contributed by atoms with E-state index in [4.69, 9.17) is 10.8 Å². The normalized spacial score (nSPS) is 22.0. The van der Waals surface area contributed by atoms with Gasteiger partial charge in [-0.2, -0.15) is 10.8 Å². The summed E-state index contributed by atoms with van der Waals surface area (Å²) in [5, 5.41) is 2.09. The number of aliphatic imine (C=N–C) groups is 2. The number of hydrogen-bond acceptors (Lipinski definition) is 4. The average molecular weight is 477 g/mol. The number of fused-ring (bicyclic) bond motifs is 3. The first-order chi connectivity index (χ1) is 17.6. The van der Waals surface area contributed by atoms with Gasteiger partial charge in [0.1, 0.15) is 17.6 Å². The highest BCUT2D eigenvalue weighted by Crippen LogP contribution is 2.38. The topological polar surface area (TPSA) is 103 Å². The molecule has 0 spiro atoms. The Kier molecular flexibility index (Phi) is 4.60. The molecule has 3 aliphatic heterocycles. The number of nitrogens with zero attached hydrogens (tertiary/aromatic N) is 4. The summed E-state index contributed by atoms with van der Waals surface area (Å²) in [6.45, 7) is 1.35. The van der Waals surface area contributed by atoms with Crippen LogP contribution in [0, 0.1) is 5.92 Å². The van der Waals surface area contributed by atoms with E-state index in [0.717, 1.165) is 63.1 Å². The number of rotatable bonds is 3. The Balaban J connectivity index is 1.17. The molecule has 8 nitrogen and oxygen atoms in total. The minimum Gasteiger partial charge on any atom is -0.360 e. The number of quaternary nitrogens is 1. The fraction of sp³-hybridized carbons (Fsp3) is 0.179. The van der Waals surface area contributed by atoms with Gasteiger partial charge in [0.05, 0.1) is 18.0 Å². The van der Waals surface area contributed by atoms with Crippen molar-refractivity contribution in [3.8, 4) is 0 Å². The Morgan fingerprint density at radius 1 is 1.06 bits per heavy atom. The molecule has 0 saturated carbocycles. The molecule has 178 valence electrons. The monoisotopic (exact) mass is 476 g/mol. The molecule has 0 radical (unpaired) electrons. The summed E-state index contributed by atoms with van der Waals surface area (Å²) in [5.41, 5.74) is 5.53. The minimum atomic E-state index is 0.000138. The molecule has 8 heteroatoms. The standard InChI is InChI=1S/C28H25N7O/c29-35-14-11-30-17-25(35)26(33-27(35)24-15-19-5-1-3-7-22(19)32-24)18-9-12-34(13-10-18)28(36)21-16-31-23-8-4-2-6-20(21)23/h1-8,11,14-18H,9-10,12-13,29H2,(H-,30,31,32,33,36)/p+1. The maximum absolute atomic E-state index is 13.3. The van der Waals surface area contributed by atoms with Gasteiger partial charge in [0, 0.05) is 47.0 Å². The highest BCUT2D eigenvalue weighted by Gasteiger charge is 2.46. The number of H-pyrrole nitrogens is 2. The van der Waals surface area contributed by atoms with Gasteiger partial charge in [-0.3, -0.25) is 9.79 Å². The lowest BCUT2D eigenvalue weighted by Crippen LogP contribution is -2.53. The van der Waals surface area contributed by atoms with E-state index in [2.05, 4.69) is 33.2 Å². The van der Waals surface area contributed by atoms with Gasteiger partial charge in [0.25, 0.3) is 11.7 Å². The Bertz CT molecular complexity index is 1610. The summed E-state index contributed by atoms with van der Waals surface area (Å²) in [6.07, 6.45) is 8.91. The lowest BCUT2D eigenvalue weighted by molar-refractivity contribution is -0.750. The SMILES string of the molecule is N[N+]12C=CN=CC1=C(C1CCN(C(=O)c3c[nH]c4ccccc34)CC1)N=C2c1cc2ccccc2[nH]1. The molecular weight excluding hydrogens is 450 g/mol. The zero-order valence-electron chi connectivity index (χ0n) is 19.7. The molecule has 1 atom stereocenters. The summed E-state index contributed by atoms with van der Waals surface area (Å²) in [7, 11) is 0. The van der Waals surface area contributed by atoms with Gasteiger partial charge in [-0.1, -0.05) is 36.4 Å². The lowest BCUT2D eigenvalue weighted by atomic mass is 9.92. The van der Waals surface area contributed by atoms with E-state index in [1.807, 2.05) is 59.9 Å². The highest BCUT2D eigenvalue weighted by atomic mass is 16.2. The molecule has 0 bridgehead atoms. The molecule has 2 aromatic carbocycles. The third-order valence-electron chi connectivity index (χ3n) is 7.58. The number of aromatic nitrogens is 2. The van der Waals surface area contributed by atoms with Gasteiger partial charge >= 0.3 is 0 Å². The maximum atomic E-state index is 13.3. The fourth-order valence-electron chi connectivity index (χ4n) is 5.66. The number of likely N-dealkylation sites (tertiary alicyclic amines) is 1. The number of carbonyl (C=O) groups excluding carboxylic acids is 1. The maximum Gasteiger partial charge on any atom is 0.281 e. The smallest absolute Gasteiger partial charge is 0.281 e. The molecule has 36 heavy (non-hydrogen) atoms. The Labute approximate surface area is 207 Å². The average Bonchev–Trinajstić information content (AvgIpc) is 3.61. The molecule has 1 fully saturated rings. The second-order valence-electron chi connectivity index (χ2n) is 9.64. The summed E-state index contributed by atoms with van der Waals surface area (Å²) in [6, 6.07) is 18.2. The first kappa shape index (κ1) is 21.0. The summed E-state index contributed by atoms with van der Waals surface area (Å²) in [4.78, 5) is 31.5. The van der Waals surface area contributed by atoms with Crippen molar-refractivity contribution in [2.45, 2.75) is 12.8 Å². The number of hydrogen-bond donors (Lipinski definition) is 3. The van der Waals surface area contributed by atoms with Gasteiger partial charge in [-0.15, -0.1) is 4.59 Å². The number of nitrogens with two attached hydrogens (primary N) is 1. The zero-order valence-corrected chi connectivity index (χ0v) is 19.7. The number of aromatic amines is 2. The van der Waals surface area contributed by atoms with Crippen molar-refractivity contribution in [1.82, 2.24) is 14.9 Å². The predicted octanol–water partition coefficient (Wildman–Crippen LogP) is 4.42. The quantitative estimate of drug-likeness (QED) is 0.301. The minimum absolute atomic E-state index is 0.000138. The zero-order chi connectivity index (χ0) is 24.3. The van der Waals surface area contributed by atoms with Gasteiger partial charge < -0.3 is 14.9 Å². The molecule has 0 aliphatic carbocycles. The molecule has 1 unspecified atom stereocenters. The predicted molar refractivity (Wildman–Crippen MR) is 141 cm³/mol. The van der Waals surface area contributed by atoms with Crippen molar-refractivity contribution in [3.05, 3.63) is 95.8 Å². The van der Waals surface area contributed by atoms with Crippen LogP contribution in [0.3, 0.4) is 0 Å². The number of para-hydroxylation sites is 2. The molecule has 4 N–H and O–H groups in total. The number of piperidine rings is 1. The molecular formula is C28H26N7O+. The van der Waals surface area contributed by atoms with E-state index in [1.54, 1.807) is 6.20 Å². The number of amides is 1. The van der Waals surface area contributed by atoms with Crippen LogP contribution in [-0.4, -0.2) is 50.5 Å². The van der Waals surface area contributed by atoms with Crippen LogP contribution in [0.5, 0.6) is 0 Å². The van der Waals surface area contributed by atoms with E-state index in [0.29, 0.717) is 13.1 Å². The van der Waals surface area contributed by atoms with Crippen LogP contribution in [0.2, 0.25) is 0 Å². The summed E-state index contributed by atoms with van der Waals surface area (Å²) >= 11 is 0. The summed E-state index contributed by atoms with van der Waals surface area (Å²) < 4.78 is 0.000138. The first-order valence-electron chi connectivity index (χ1n) is 12.3. The van der Waals surface area contributed by atoms with E-state index >= 15 is 0 Å². The molecule has 7 rings (SSSR count). The second kappa shape index (κ2) is 7.87. The molecule has 1 amide bonds. The first-order valence-corrected chi connectivity index (χ1v) is 12.3. The Morgan fingerprint density at radius 2 is 1.83 bits per heavy atom. The third kappa shape index (κ3) is 3.12. The van der Waals surface area contributed by atoms with Gasteiger partial charge in [0.15, 0.2) is 0 Å². The van der Waals surface area contributed by atoms with E-state index in [-0.39, 0.29) is 16.4 Å². The molecule has 3 aliphatic rings. The molecule has 5 heterocycles. The fourth-order valence-corrected chi connectivity index (χ4v) is 5.66. The number of amidine groups is 1. The second-order valence-corrected chi connectivity index (χ2v) is 9.64. The Morgan fingerprint density at radius 3 is 2.67 bits per heavy atom. The number of allylic oxidation sites excluding steroid dienone is 2. The van der Waals surface area contributed by atoms with E-state index in [1.165, 1.54) is 0 Å².